The van der Waals surface area contributed by atoms with Gasteiger partial charge in [0.15, 0.2) is 0 Å². The van der Waals surface area contributed by atoms with Crippen molar-refractivity contribution in [3.05, 3.63) is 24.0 Å². The standard InChI is InChI=1S/C12H15BrN2O2/c1-8-7-15(5-3-10(8)13)12(17)9-2-4-14-6-11(9)16/h2,4,6,8,10,16H,3,5,7H2,1H3. The van der Waals surface area contributed by atoms with E-state index in [1.165, 1.54) is 12.4 Å². The van der Waals surface area contributed by atoms with E-state index in [0.29, 0.717) is 16.3 Å². The van der Waals surface area contributed by atoms with Crippen LogP contribution >= 0.6 is 15.9 Å². The van der Waals surface area contributed by atoms with E-state index >= 15 is 0 Å². The van der Waals surface area contributed by atoms with Gasteiger partial charge in [-0.3, -0.25) is 9.78 Å². The van der Waals surface area contributed by atoms with Gasteiger partial charge in [0.05, 0.1) is 11.8 Å². The predicted octanol–water partition coefficient (Wildman–Crippen LogP) is 2.03. The first-order valence-corrected chi connectivity index (χ1v) is 6.57. The highest BCUT2D eigenvalue weighted by molar-refractivity contribution is 9.09. The number of carbonyl (C=O) groups is 1. The SMILES string of the molecule is CC1CN(C(=O)c2ccncc2O)CCC1Br. The first-order chi connectivity index (χ1) is 8.09. The summed E-state index contributed by atoms with van der Waals surface area (Å²) in [4.78, 5) is 18.2. The van der Waals surface area contributed by atoms with Gasteiger partial charge in [-0.1, -0.05) is 22.9 Å². The summed E-state index contributed by atoms with van der Waals surface area (Å²) in [5.74, 6) is 0.263. The zero-order chi connectivity index (χ0) is 12.4. The smallest absolute Gasteiger partial charge is 0.257 e. The topological polar surface area (TPSA) is 53.4 Å². The van der Waals surface area contributed by atoms with Gasteiger partial charge in [-0.05, 0) is 18.4 Å². The number of piperidine rings is 1. The quantitative estimate of drug-likeness (QED) is 0.807. The molecule has 1 amide bonds. The summed E-state index contributed by atoms with van der Waals surface area (Å²) in [7, 11) is 0. The highest BCUT2D eigenvalue weighted by Crippen LogP contribution is 2.25. The number of rotatable bonds is 1. The Bertz CT molecular complexity index is 425. The number of alkyl halides is 1. The van der Waals surface area contributed by atoms with E-state index in [9.17, 15) is 9.90 Å². The van der Waals surface area contributed by atoms with Gasteiger partial charge < -0.3 is 10.0 Å². The minimum atomic E-state index is -0.115. The Hall–Kier alpha value is -1.10. The van der Waals surface area contributed by atoms with E-state index in [-0.39, 0.29) is 11.7 Å². The molecule has 0 aromatic carbocycles. The molecule has 5 heteroatoms. The van der Waals surface area contributed by atoms with E-state index in [4.69, 9.17) is 0 Å². The molecule has 92 valence electrons. The summed E-state index contributed by atoms with van der Waals surface area (Å²) < 4.78 is 0. The first kappa shape index (κ1) is 12.4. The van der Waals surface area contributed by atoms with E-state index in [2.05, 4.69) is 27.8 Å². The van der Waals surface area contributed by atoms with Crippen LogP contribution in [0.2, 0.25) is 0 Å². The first-order valence-electron chi connectivity index (χ1n) is 5.66. The third kappa shape index (κ3) is 2.60. The Labute approximate surface area is 109 Å². The lowest BCUT2D eigenvalue weighted by Crippen LogP contribution is -2.43. The number of carbonyl (C=O) groups excluding carboxylic acids is 1. The van der Waals surface area contributed by atoms with Gasteiger partial charge in [0.2, 0.25) is 0 Å². The number of halogens is 1. The number of likely N-dealkylation sites (tertiary alicyclic amines) is 1. The van der Waals surface area contributed by atoms with Gasteiger partial charge in [-0.2, -0.15) is 0 Å². The number of aromatic nitrogens is 1. The van der Waals surface area contributed by atoms with Crippen LogP contribution in [-0.2, 0) is 0 Å². The van der Waals surface area contributed by atoms with E-state index in [1.807, 2.05) is 0 Å². The summed E-state index contributed by atoms with van der Waals surface area (Å²) in [5.41, 5.74) is 0.334. The van der Waals surface area contributed by atoms with Crippen LogP contribution in [0.25, 0.3) is 0 Å². The summed E-state index contributed by atoms with van der Waals surface area (Å²) >= 11 is 3.60. The molecule has 0 bridgehead atoms. The van der Waals surface area contributed by atoms with Gasteiger partial charge in [0.25, 0.3) is 5.91 Å². The van der Waals surface area contributed by atoms with Gasteiger partial charge in [-0.15, -0.1) is 0 Å². The second-order valence-electron chi connectivity index (χ2n) is 4.43. The number of hydrogen-bond donors (Lipinski definition) is 1. The Morgan fingerprint density at radius 1 is 1.65 bits per heavy atom. The number of amides is 1. The van der Waals surface area contributed by atoms with Crippen LogP contribution in [0.5, 0.6) is 5.75 Å². The van der Waals surface area contributed by atoms with Crippen LogP contribution in [0.4, 0.5) is 0 Å². The average molecular weight is 299 g/mol. The van der Waals surface area contributed by atoms with Crippen molar-refractivity contribution in [1.82, 2.24) is 9.88 Å². The van der Waals surface area contributed by atoms with Crippen LogP contribution in [0.1, 0.15) is 23.7 Å². The zero-order valence-corrected chi connectivity index (χ0v) is 11.2. The van der Waals surface area contributed by atoms with Crippen molar-refractivity contribution in [2.24, 2.45) is 5.92 Å². The van der Waals surface area contributed by atoms with Crippen molar-refractivity contribution in [2.45, 2.75) is 18.2 Å². The molecule has 17 heavy (non-hydrogen) atoms. The molecular weight excluding hydrogens is 284 g/mol. The van der Waals surface area contributed by atoms with Gasteiger partial charge in [0.1, 0.15) is 5.75 Å². The van der Waals surface area contributed by atoms with Crippen LogP contribution in [0.15, 0.2) is 18.5 Å². The molecule has 1 aliphatic rings. The van der Waals surface area contributed by atoms with E-state index in [0.717, 1.165) is 19.5 Å². The summed E-state index contributed by atoms with van der Waals surface area (Å²) in [5, 5.41) is 9.61. The molecule has 4 nitrogen and oxygen atoms in total. The molecule has 1 aromatic heterocycles. The van der Waals surface area contributed by atoms with Crippen LogP contribution in [0, 0.1) is 5.92 Å². The number of aromatic hydroxyl groups is 1. The number of hydrogen-bond acceptors (Lipinski definition) is 3. The summed E-state index contributed by atoms with van der Waals surface area (Å²) in [6, 6.07) is 1.56. The molecule has 2 atom stereocenters. The molecule has 1 aliphatic heterocycles. The number of pyridine rings is 1. The fraction of sp³-hybridized carbons (Fsp3) is 0.500. The van der Waals surface area contributed by atoms with E-state index in [1.54, 1.807) is 11.0 Å². The molecular formula is C12H15BrN2O2. The lowest BCUT2D eigenvalue weighted by atomic mass is 9.99. The molecule has 1 saturated heterocycles. The normalized spacial score (nSPS) is 24.7. The lowest BCUT2D eigenvalue weighted by molar-refractivity contribution is 0.0687. The Morgan fingerprint density at radius 2 is 2.41 bits per heavy atom. The maximum atomic E-state index is 12.2. The number of nitrogens with zero attached hydrogens (tertiary/aromatic N) is 2. The summed E-state index contributed by atoms with van der Waals surface area (Å²) in [6.07, 6.45) is 3.76. The fourth-order valence-electron chi connectivity index (χ4n) is 2.04. The average Bonchev–Trinajstić information content (AvgIpc) is 2.32. The Morgan fingerprint density at radius 3 is 3.06 bits per heavy atom. The van der Waals surface area contributed by atoms with Gasteiger partial charge in [-0.25, -0.2) is 0 Å². The van der Waals surface area contributed by atoms with E-state index < -0.39 is 0 Å². The van der Waals surface area contributed by atoms with Crippen molar-refractivity contribution in [3.63, 3.8) is 0 Å². The third-order valence-electron chi connectivity index (χ3n) is 3.12. The predicted molar refractivity (Wildman–Crippen MR) is 68.3 cm³/mol. The largest absolute Gasteiger partial charge is 0.505 e. The maximum Gasteiger partial charge on any atom is 0.257 e. The second-order valence-corrected chi connectivity index (χ2v) is 5.60. The molecule has 0 saturated carbocycles. The highest BCUT2D eigenvalue weighted by atomic mass is 79.9. The molecule has 1 aromatic rings. The minimum Gasteiger partial charge on any atom is -0.505 e. The van der Waals surface area contributed by atoms with Crippen molar-refractivity contribution >= 4 is 21.8 Å². The van der Waals surface area contributed by atoms with Crippen molar-refractivity contribution < 1.29 is 9.90 Å². The molecule has 0 spiro atoms. The Balaban J connectivity index is 2.14. The molecule has 2 rings (SSSR count). The molecule has 2 heterocycles. The van der Waals surface area contributed by atoms with Crippen molar-refractivity contribution in [2.75, 3.05) is 13.1 Å². The zero-order valence-electron chi connectivity index (χ0n) is 9.64. The van der Waals surface area contributed by atoms with Crippen molar-refractivity contribution in [1.29, 1.82) is 0 Å². The molecule has 1 N–H and O–H groups in total. The fourth-order valence-corrected chi connectivity index (χ4v) is 2.41. The summed E-state index contributed by atoms with van der Waals surface area (Å²) in [6.45, 7) is 3.56. The van der Waals surface area contributed by atoms with Crippen molar-refractivity contribution in [3.8, 4) is 5.75 Å². The highest BCUT2D eigenvalue weighted by Gasteiger charge is 2.28. The second kappa shape index (κ2) is 5.04. The molecule has 0 radical (unpaired) electrons. The van der Waals surface area contributed by atoms with Gasteiger partial charge >= 0.3 is 0 Å². The maximum absolute atomic E-state index is 12.2. The van der Waals surface area contributed by atoms with Crippen LogP contribution in [0.3, 0.4) is 0 Å². The molecule has 1 fully saturated rings. The van der Waals surface area contributed by atoms with Crippen LogP contribution in [-0.4, -0.2) is 38.8 Å². The molecule has 2 unspecified atom stereocenters. The van der Waals surface area contributed by atoms with Crippen LogP contribution < -0.4 is 0 Å². The third-order valence-corrected chi connectivity index (χ3v) is 4.48. The van der Waals surface area contributed by atoms with Gasteiger partial charge in [0, 0.05) is 24.1 Å². The lowest BCUT2D eigenvalue weighted by Gasteiger charge is -2.34. The molecule has 0 aliphatic carbocycles. The Kier molecular flexibility index (Phi) is 3.66. The minimum absolute atomic E-state index is 0.0499. The monoisotopic (exact) mass is 298 g/mol.